The lowest BCUT2D eigenvalue weighted by molar-refractivity contribution is 0.494. The van der Waals surface area contributed by atoms with E-state index in [1.54, 1.807) is 0 Å². The van der Waals surface area contributed by atoms with Gasteiger partial charge in [0.2, 0.25) is 0 Å². The zero-order valence-electron chi connectivity index (χ0n) is 10.7. The van der Waals surface area contributed by atoms with Gasteiger partial charge in [0.1, 0.15) is 0 Å². The highest BCUT2D eigenvalue weighted by Gasteiger charge is 2.01. The van der Waals surface area contributed by atoms with E-state index < -0.39 is 0 Å². The van der Waals surface area contributed by atoms with Gasteiger partial charge in [-0.05, 0) is 32.4 Å². The second kappa shape index (κ2) is 5.82. The Bertz CT molecular complexity index is 461. The van der Waals surface area contributed by atoms with Gasteiger partial charge in [0.15, 0.2) is 0 Å². The Morgan fingerprint density at radius 1 is 1.35 bits per heavy atom. The summed E-state index contributed by atoms with van der Waals surface area (Å²) in [7, 11) is 0. The third kappa shape index (κ3) is 3.07. The largest absolute Gasteiger partial charge is 0.314 e. The fourth-order valence-electron chi connectivity index (χ4n) is 1.93. The summed E-state index contributed by atoms with van der Waals surface area (Å²) in [5.74, 6) is 0. The molecule has 1 N–H and O–H groups in total. The van der Waals surface area contributed by atoms with Gasteiger partial charge in [-0.25, -0.2) is 0 Å². The smallest absolute Gasteiger partial charge is 0.0682 e. The van der Waals surface area contributed by atoms with Crippen LogP contribution in [0.5, 0.6) is 0 Å². The molecule has 1 atom stereocenters. The van der Waals surface area contributed by atoms with Gasteiger partial charge in [-0.15, -0.1) is 0 Å². The van der Waals surface area contributed by atoms with Gasteiger partial charge in [-0.2, -0.15) is 5.10 Å². The summed E-state index contributed by atoms with van der Waals surface area (Å²) in [4.78, 5) is 0. The van der Waals surface area contributed by atoms with Crippen LogP contribution >= 0.6 is 0 Å². The fraction of sp³-hybridized carbons (Fsp3) is 0.500. The zero-order chi connectivity index (χ0) is 12.1. The molecular formula is C14H21N3. The molecule has 0 saturated carbocycles. The van der Waals surface area contributed by atoms with E-state index in [1.807, 2.05) is 6.20 Å². The second-order valence-corrected chi connectivity index (χ2v) is 4.54. The molecule has 3 heteroatoms. The summed E-state index contributed by atoms with van der Waals surface area (Å²) < 4.78 is 2.09. The van der Waals surface area contributed by atoms with Crippen LogP contribution in [0, 0.1) is 0 Å². The van der Waals surface area contributed by atoms with Crippen molar-refractivity contribution in [3.05, 3.63) is 30.5 Å². The number of hydrogen-bond acceptors (Lipinski definition) is 2. The van der Waals surface area contributed by atoms with Gasteiger partial charge >= 0.3 is 0 Å². The third-order valence-corrected chi connectivity index (χ3v) is 3.20. The average molecular weight is 231 g/mol. The van der Waals surface area contributed by atoms with Gasteiger partial charge in [0.05, 0.1) is 11.7 Å². The number of benzene rings is 1. The van der Waals surface area contributed by atoms with Crippen molar-refractivity contribution in [2.45, 2.75) is 39.3 Å². The van der Waals surface area contributed by atoms with E-state index in [0.29, 0.717) is 6.04 Å². The Balaban J connectivity index is 1.87. The van der Waals surface area contributed by atoms with E-state index in [-0.39, 0.29) is 0 Å². The van der Waals surface area contributed by atoms with Crippen molar-refractivity contribution in [3.8, 4) is 0 Å². The minimum absolute atomic E-state index is 0.615. The number of rotatable bonds is 6. The van der Waals surface area contributed by atoms with E-state index in [9.17, 15) is 0 Å². The van der Waals surface area contributed by atoms with E-state index in [4.69, 9.17) is 0 Å². The molecule has 2 aromatic rings. The van der Waals surface area contributed by atoms with Gasteiger partial charge in [-0.3, -0.25) is 4.68 Å². The summed E-state index contributed by atoms with van der Waals surface area (Å²) in [6.07, 6.45) is 4.25. The molecule has 0 spiro atoms. The van der Waals surface area contributed by atoms with Crippen molar-refractivity contribution < 1.29 is 0 Å². The molecule has 0 aliphatic heterocycles. The van der Waals surface area contributed by atoms with Crippen LogP contribution in [0.25, 0.3) is 10.9 Å². The summed E-state index contributed by atoms with van der Waals surface area (Å²) in [5, 5.41) is 9.15. The first-order valence-electron chi connectivity index (χ1n) is 6.45. The normalized spacial score (nSPS) is 13.1. The van der Waals surface area contributed by atoms with Crippen LogP contribution in [0.1, 0.15) is 26.7 Å². The van der Waals surface area contributed by atoms with Crippen molar-refractivity contribution in [1.29, 1.82) is 0 Å². The number of nitrogens with zero attached hydrogens (tertiary/aromatic N) is 2. The monoisotopic (exact) mass is 231 g/mol. The summed E-state index contributed by atoms with van der Waals surface area (Å²) >= 11 is 0. The van der Waals surface area contributed by atoms with Crippen LogP contribution < -0.4 is 5.32 Å². The van der Waals surface area contributed by atoms with Crippen molar-refractivity contribution in [1.82, 2.24) is 15.1 Å². The van der Waals surface area contributed by atoms with Crippen molar-refractivity contribution >= 4 is 10.9 Å². The Labute approximate surface area is 103 Å². The molecule has 0 fully saturated rings. The lowest BCUT2D eigenvalue weighted by Gasteiger charge is -2.11. The molecule has 1 aromatic heterocycles. The van der Waals surface area contributed by atoms with Crippen molar-refractivity contribution in [2.24, 2.45) is 0 Å². The Hall–Kier alpha value is -1.35. The van der Waals surface area contributed by atoms with Crippen LogP contribution in [0.15, 0.2) is 30.5 Å². The van der Waals surface area contributed by atoms with Crippen molar-refractivity contribution in [2.75, 3.05) is 6.54 Å². The first-order valence-corrected chi connectivity index (χ1v) is 6.45. The lowest BCUT2D eigenvalue weighted by Crippen LogP contribution is -2.26. The summed E-state index contributed by atoms with van der Waals surface area (Å²) in [6.45, 7) is 6.47. The number of aromatic nitrogens is 2. The molecule has 0 amide bonds. The molecule has 92 valence electrons. The fourth-order valence-corrected chi connectivity index (χ4v) is 1.93. The predicted octanol–water partition coefficient (Wildman–Crippen LogP) is 2.81. The van der Waals surface area contributed by atoms with E-state index in [0.717, 1.165) is 19.5 Å². The van der Waals surface area contributed by atoms with Crippen molar-refractivity contribution in [3.63, 3.8) is 0 Å². The minimum Gasteiger partial charge on any atom is -0.314 e. The molecule has 1 unspecified atom stereocenters. The first-order chi connectivity index (χ1) is 8.31. The quantitative estimate of drug-likeness (QED) is 0.775. The summed E-state index contributed by atoms with van der Waals surface area (Å²) in [6, 6.07) is 8.97. The lowest BCUT2D eigenvalue weighted by atomic mass is 10.2. The topological polar surface area (TPSA) is 29.9 Å². The number of fused-ring (bicyclic) bond motifs is 1. The molecule has 3 nitrogen and oxygen atoms in total. The predicted molar refractivity (Wildman–Crippen MR) is 72.1 cm³/mol. The van der Waals surface area contributed by atoms with E-state index in [2.05, 4.69) is 53.2 Å². The second-order valence-electron chi connectivity index (χ2n) is 4.54. The van der Waals surface area contributed by atoms with Gasteiger partial charge in [0, 0.05) is 18.0 Å². The molecule has 1 aromatic carbocycles. The molecule has 0 aliphatic carbocycles. The highest BCUT2D eigenvalue weighted by atomic mass is 15.3. The zero-order valence-corrected chi connectivity index (χ0v) is 10.7. The number of hydrogen-bond donors (Lipinski definition) is 1. The minimum atomic E-state index is 0.615. The highest BCUT2D eigenvalue weighted by molar-refractivity contribution is 5.78. The number of nitrogens with one attached hydrogen (secondary N) is 1. The molecular weight excluding hydrogens is 210 g/mol. The molecule has 0 bridgehead atoms. The molecule has 1 heterocycles. The van der Waals surface area contributed by atoms with Crippen LogP contribution in [0.3, 0.4) is 0 Å². The Kier molecular flexibility index (Phi) is 4.15. The maximum Gasteiger partial charge on any atom is 0.0682 e. The van der Waals surface area contributed by atoms with Gasteiger partial charge in [-0.1, -0.05) is 25.1 Å². The van der Waals surface area contributed by atoms with E-state index >= 15 is 0 Å². The van der Waals surface area contributed by atoms with E-state index in [1.165, 1.54) is 17.3 Å². The van der Waals surface area contributed by atoms with Crippen LogP contribution in [0.2, 0.25) is 0 Å². The highest BCUT2D eigenvalue weighted by Crippen LogP contribution is 2.12. The molecule has 0 radical (unpaired) electrons. The maximum atomic E-state index is 4.42. The first kappa shape index (κ1) is 12.1. The molecule has 2 rings (SSSR count). The Morgan fingerprint density at radius 3 is 3.00 bits per heavy atom. The molecule has 0 saturated heterocycles. The third-order valence-electron chi connectivity index (χ3n) is 3.20. The summed E-state index contributed by atoms with van der Waals surface area (Å²) in [5.41, 5.74) is 1.23. The SMILES string of the molecule is CCC(C)NCCCn1ncc2ccccc21. The Morgan fingerprint density at radius 2 is 2.18 bits per heavy atom. The number of para-hydroxylation sites is 1. The van der Waals surface area contributed by atoms with Crippen LogP contribution in [-0.4, -0.2) is 22.4 Å². The maximum absolute atomic E-state index is 4.42. The molecule has 0 aliphatic rings. The van der Waals surface area contributed by atoms with Gasteiger partial charge in [0.25, 0.3) is 0 Å². The average Bonchev–Trinajstić information content (AvgIpc) is 2.78. The number of aryl methyl sites for hydroxylation is 1. The molecule has 17 heavy (non-hydrogen) atoms. The van der Waals surface area contributed by atoms with Crippen LogP contribution in [0.4, 0.5) is 0 Å². The standard InChI is InChI=1S/C14H21N3/c1-3-12(2)15-9-6-10-17-14-8-5-4-7-13(14)11-16-17/h4-5,7-8,11-12,15H,3,6,9-10H2,1-2H3. The van der Waals surface area contributed by atoms with Gasteiger partial charge < -0.3 is 5.32 Å². The van der Waals surface area contributed by atoms with Crippen LogP contribution in [-0.2, 0) is 6.54 Å².